The predicted octanol–water partition coefficient (Wildman–Crippen LogP) is 3.37. The van der Waals surface area contributed by atoms with Gasteiger partial charge in [-0.05, 0) is 43.9 Å². The van der Waals surface area contributed by atoms with Crippen molar-refractivity contribution in [1.82, 2.24) is 5.43 Å². The van der Waals surface area contributed by atoms with E-state index < -0.39 is 0 Å². The number of amidine groups is 1. The lowest BCUT2D eigenvalue weighted by Gasteiger charge is -2.12. The summed E-state index contributed by atoms with van der Waals surface area (Å²) in [5.74, 6) is 6.25. The number of hydrogen-bond acceptors (Lipinski definition) is 5. The van der Waals surface area contributed by atoms with Gasteiger partial charge in [0.2, 0.25) is 0 Å². The van der Waals surface area contributed by atoms with Gasteiger partial charge in [-0.15, -0.1) is 11.8 Å². The van der Waals surface area contributed by atoms with E-state index in [1.54, 1.807) is 11.8 Å². The summed E-state index contributed by atoms with van der Waals surface area (Å²) in [6, 6.07) is 12.8. The van der Waals surface area contributed by atoms with E-state index >= 15 is 0 Å². The maximum atomic E-state index is 5.58. The number of hydrogen-bond donors (Lipinski definition) is 2. The minimum Gasteiger partial charge on any atom is -0.310 e. The second-order valence-corrected chi connectivity index (χ2v) is 6.45. The van der Waals surface area contributed by atoms with Crippen LogP contribution in [0.4, 0.5) is 5.69 Å². The highest BCUT2D eigenvalue weighted by Gasteiger charge is 2.18. The minimum atomic E-state index is 0.448. The van der Waals surface area contributed by atoms with Gasteiger partial charge in [0.1, 0.15) is 5.84 Å². The van der Waals surface area contributed by atoms with Crippen LogP contribution in [-0.2, 0) is 0 Å². The van der Waals surface area contributed by atoms with E-state index in [0.29, 0.717) is 12.4 Å². The fraction of sp³-hybridized carbons (Fsp3) is 0.222. The van der Waals surface area contributed by atoms with Crippen molar-refractivity contribution in [2.24, 2.45) is 15.8 Å². The van der Waals surface area contributed by atoms with Crippen LogP contribution in [0.15, 0.2) is 51.3 Å². The van der Waals surface area contributed by atoms with Crippen LogP contribution < -0.4 is 11.3 Å². The molecule has 3 rings (SSSR count). The number of rotatable bonds is 2. The van der Waals surface area contributed by atoms with Crippen LogP contribution in [0, 0.1) is 13.8 Å². The molecule has 0 fully saturated rings. The fourth-order valence-electron chi connectivity index (χ4n) is 2.77. The first-order chi connectivity index (χ1) is 11.1. The molecule has 118 valence electrons. The number of benzene rings is 2. The van der Waals surface area contributed by atoms with Gasteiger partial charge in [0, 0.05) is 16.0 Å². The van der Waals surface area contributed by atoms with E-state index in [9.17, 15) is 0 Å². The number of nitrogens with zero attached hydrogens (tertiary/aromatic N) is 2. The largest absolute Gasteiger partial charge is 0.310 e. The molecule has 0 atom stereocenters. The topological polar surface area (TPSA) is 62.8 Å². The zero-order valence-corrected chi connectivity index (χ0v) is 14.4. The highest BCUT2D eigenvalue weighted by molar-refractivity contribution is 7.98. The molecule has 0 bridgehead atoms. The first-order valence-corrected chi connectivity index (χ1v) is 8.69. The molecule has 23 heavy (non-hydrogen) atoms. The summed E-state index contributed by atoms with van der Waals surface area (Å²) < 4.78 is 0. The Balaban J connectivity index is 2.17. The summed E-state index contributed by atoms with van der Waals surface area (Å²) in [4.78, 5) is 10.7. The molecule has 1 aliphatic heterocycles. The van der Waals surface area contributed by atoms with Gasteiger partial charge >= 0.3 is 0 Å². The molecule has 1 aliphatic rings. The average Bonchev–Trinajstić information content (AvgIpc) is 2.74. The zero-order valence-electron chi connectivity index (χ0n) is 13.6. The summed E-state index contributed by atoms with van der Waals surface area (Å²) >= 11 is 1.73. The quantitative estimate of drug-likeness (QED) is 0.506. The smallest absolute Gasteiger partial charge is 0.138 e. The number of aryl methyl sites for hydroxylation is 2. The Bertz CT molecular complexity index is 791. The summed E-state index contributed by atoms with van der Waals surface area (Å²) in [7, 11) is 0. The molecule has 4 nitrogen and oxygen atoms in total. The summed E-state index contributed by atoms with van der Waals surface area (Å²) in [5.41, 5.74) is 9.05. The van der Waals surface area contributed by atoms with Crippen molar-refractivity contribution in [1.29, 1.82) is 0 Å². The predicted molar refractivity (Wildman–Crippen MR) is 99.1 cm³/mol. The Morgan fingerprint density at radius 3 is 2.52 bits per heavy atom. The standard InChI is InChI=1S/C18H20N4S/c1-11-8-12(2)17-15(9-11)18(20-10-16(21-17)22-19)13-4-6-14(23-3)7-5-13/h4-9H,10,19H2,1-3H3,(H,21,22). The normalized spacial score (nSPS) is 13.7. The molecule has 0 saturated carbocycles. The van der Waals surface area contributed by atoms with Crippen molar-refractivity contribution in [3.63, 3.8) is 0 Å². The molecule has 2 aromatic carbocycles. The maximum absolute atomic E-state index is 5.58. The third kappa shape index (κ3) is 3.16. The maximum Gasteiger partial charge on any atom is 0.138 e. The Labute approximate surface area is 140 Å². The molecule has 1 heterocycles. The van der Waals surface area contributed by atoms with Crippen molar-refractivity contribution in [3.05, 3.63) is 58.7 Å². The van der Waals surface area contributed by atoms with Gasteiger partial charge < -0.3 is 5.43 Å². The van der Waals surface area contributed by atoms with Gasteiger partial charge in [-0.25, -0.2) is 10.8 Å². The molecular weight excluding hydrogens is 304 g/mol. The lowest BCUT2D eigenvalue weighted by Crippen LogP contribution is -2.32. The molecule has 2 aromatic rings. The average molecular weight is 324 g/mol. The second kappa shape index (κ2) is 6.56. The Morgan fingerprint density at radius 1 is 1.13 bits per heavy atom. The van der Waals surface area contributed by atoms with Gasteiger partial charge in [-0.3, -0.25) is 4.99 Å². The van der Waals surface area contributed by atoms with Crippen molar-refractivity contribution in [2.45, 2.75) is 18.7 Å². The fourth-order valence-corrected chi connectivity index (χ4v) is 3.18. The molecule has 0 spiro atoms. The first-order valence-electron chi connectivity index (χ1n) is 7.47. The molecule has 0 aromatic heterocycles. The summed E-state index contributed by atoms with van der Waals surface area (Å²) in [6.45, 7) is 4.62. The SMILES string of the molecule is CSc1ccc(C2=NCC(NN)=Nc3c(C)cc(C)cc32)cc1. The Hall–Kier alpha value is -2.11. The second-order valence-electron chi connectivity index (χ2n) is 5.57. The van der Waals surface area contributed by atoms with Crippen LogP contribution in [0.2, 0.25) is 0 Å². The van der Waals surface area contributed by atoms with Crippen LogP contribution in [0.3, 0.4) is 0 Å². The molecule has 5 heteroatoms. The van der Waals surface area contributed by atoms with Crippen LogP contribution in [0.1, 0.15) is 22.3 Å². The number of fused-ring (bicyclic) bond motifs is 1. The molecular formula is C18H20N4S. The van der Waals surface area contributed by atoms with Crippen molar-refractivity contribution in [3.8, 4) is 0 Å². The van der Waals surface area contributed by atoms with Crippen LogP contribution in [0.25, 0.3) is 0 Å². The first kappa shape index (κ1) is 15.8. The van der Waals surface area contributed by atoms with Crippen molar-refractivity contribution < 1.29 is 0 Å². The van der Waals surface area contributed by atoms with Gasteiger partial charge in [-0.1, -0.05) is 23.8 Å². The molecule has 0 aliphatic carbocycles. The van der Waals surface area contributed by atoms with Crippen LogP contribution in [0.5, 0.6) is 0 Å². The van der Waals surface area contributed by atoms with Gasteiger partial charge in [0.25, 0.3) is 0 Å². The molecule has 0 radical (unpaired) electrons. The Kier molecular flexibility index (Phi) is 4.50. The molecule has 0 unspecified atom stereocenters. The lowest BCUT2D eigenvalue weighted by atomic mass is 9.96. The number of aliphatic imine (C=N–C) groups is 2. The number of hydrazine groups is 1. The van der Waals surface area contributed by atoms with Crippen LogP contribution >= 0.6 is 11.8 Å². The Morgan fingerprint density at radius 2 is 1.87 bits per heavy atom. The van der Waals surface area contributed by atoms with E-state index in [1.165, 1.54) is 10.5 Å². The van der Waals surface area contributed by atoms with Gasteiger partial charge in [-0.2, -0.15) is 0 Å². The molecule has 0 saturated heterocycles. The minimum absolute atomic E-state index is 0.448. The van der Waals surface area contributed by atoms with E-state index in [4.69, 9.17) is 10.8 Å². The van der Waals surface area contributed by atoms with E-state index in [0.717, 1.165) is 28.1 Å². The zero-order chi connectivity index (χ0) is 16.4. The molecule has 0 amide bonds. The highest BCUT2D eigenvalue weighted by Crippen LogP contribution is 2.30. The monoisotopic (exact) mass is 324 g/mol. The summed E-state index contributed by atoms with van der Waals surface area (Å²) in [5, 5.41) is 0. The van der Waals surface area contributed by atoms with E-state index in [1.807, 2.05) is 0 Å². The third-order valence-corrected chi connectivity index (χ3v) is 4.61. The molecule has 3 N–H and O–H groups in total. The highest BCUT2D eigenvalue weighted by atomic mass is 32.2. The third-order valence-electron chi connectivity index (χ3n) is 3.86. The number of thioether (sulfide) groups is 1. The number of nitrogens with one attached hydrogen (secondary N) is 1. The number of nitrogens with two attached hydrogens (primary N) is 1. The van der Waals surface area contributed by atoms with E-state index in [2.05, 4.69) is 66.9 Å². The van der Waals surface area contributed by atoms with Crippen molar-refractivity contribution >= 4 is 29.0 Å². The van der Waals surface area contributed by atoms with Gasteiger partial charge in [0.15, 0.2) is 0 Å². The lowest BCUT2D eigenvalue weighted by molar-refractivity contribution is 0.991. The summed E-state index contributed by atoms with van der Waals surface area (Å²) in [6.07, 6.45) is 2.08. The van der Waals surface area contributed by atoms with Crippen molar-refractivity contribution in [2.75, 3.05) is 12.8 Å². The van der Waals surface area contributed by atoms with Crippen LogP contribution in [-0.4, -0.2) is 24.3 Å². The van der Waals surface area contributed by atoms with E-state index in [-0.39, 0.29) is 0 Å². The van der Waals surface area contributed by atoms with Gasteiger partial charge in [0.05, 0.1) is 17.9 Å².